The molecule has 160 valence electrons. The number of carbonyl (C=O) groups excluding carboxylic acids is 1. The maximum atomic E-state index is 12.8. The van der Waals surface area contributed by atoms with Crippen molar-refractivity contribution in [1.82, 2.24) is 15.5 Å². The molecule has 1 atom stereocenters. The van der Waals surface area contributed by atoms with Gasteiger partial charge in [0.25, 0.3) is 0 Å². The number of ether oxygens (including phenoxy) is 1. The standard InChI is InChI=1S/C23H36N4O2/c1-17-9-10-21(29-3)19(15-17)11-13-25-23(24-2)26-20-12-14-27(16-20)22(28)18-7-5-4-6-8-18/h9-10,15,18,20H,4-8,11-14,16H2,1-3H3,(H2,24,25,26). The van der Waals surface area contributed by atoms with Crippen molar-refractivity contribution in [2.24, 2.45) is 10.9 Å². The van der Waals surface area contributed by atoms with E-state index in [1.165, 1.54) is 30.4 Å². The summed E-state index contributed by atoms with van der Waals surface area (Å²) < 4.78 is 5.46. The van der Waals surface area contributed by atoms with Crippen LogP contribution >= 0.6 is 0 Å². The second-order valence-electron chi connectivity index (χ2n) is 8.31. The number of nitrogens with one attached hydrogen (secondary N) is 2. The molecule has 6 nitrogen and oxygen atoms in total. The summed E-state index contributed by atoms with van der Waals surface area (Å²) >= 11 is 0. The first kappa shape index (κ1) is 21.5. The molecule has 1 unspecified atom stereocenters. The number of nitrogens with zero attached hydrogens (tertiary/aromatic N) is 2. The first-order chi connectivity index (χ1) is 14.1. The fraction of sp³-hybridized carbons (Fsp3) is 0.652. The molecule has 1 aliphatic heterocycles. The van der Waals surface area contributed by atoms with Crippen LogP contribution in [0.25, 0.3) is 0 Å². The number of aliphatic imine (C=N–C) groups is 1. The SMILES string of the molecule is CN=C(NCCc1cc(C)ccc1OC)NC1CCN(C(=O)C2CCCCC2)C1. The number of methoxy groups -OCH3 is 1. The Morgan fingerprint density at radius 2 is 2.03 bits per heavy atom. The molecule has 6 heteroatoms. The molecule has 0 radical (unpaired) electrons. The number of hydrogen-bond acceptors (Lipinski definition) is 3. The molecule has 1 aromatic rings. The van der Waals surface area contributed by atoms with Crippen molar-refractivity contribution >= 4 is 11.9 Å². The summed E-state index contributed by atoms with van der Waals surface area (Å²) in [6.07, 6.45) is 7.67. The van der Waals surface area contributed by atoms with Crippen LogP contribution in [-0.4, -0.2) is 56.6 Å². The number of amides is 1. The van der Waals surface area contributed by atoms with Gasteiger partial charge in [-0.1, -0.05) is 37.0 Å². The van der Waals surface area contributed by atoms with E-state index in [9.17, 15) is 4.79 Å². The number of guanidine groups is 1. The average molecular weight is 401 g/mol. The van der Waals surface area contributed by atoms with Crippen LogP contribution in [0.1, 0.15) is 49.7 Å². The monoisotopic (exact) mass is 400 g/mol. The highest BCUT2D eigenvalue weighted by Crippen LogP contribution is 2.26. The third kappa shape index (κ3) is 5.87. The van der Waals surface area contributed by atoms with Crippen LogP contribution in [0.3, 0.4) is 0 Å². The minimum atomic E-state index is 0.254. The molecule has 2 fully saturated rings. The van der Waals surface area contributed by atoms with Crippen molar-refractivity contribution in [3.63, 3.8) is 0 Å². The molecule has 1 aliphatic carbocycles. The molecule has 1 amide bonds. The van der Waals surface area contributed by atoms with Crippen LogP contribution < -0.4 is 15.4 Å². The molecule has 0 spiro atoms. The minimum absolute atomic E-state index is 0.254. The van der Waals surface area contributed by atoms with Crippen molar-refractivity contribution in [2.75, 3.05) is 33.8 Å². The van der Waals surface area contributed by atoms with Crippen molar-refractivity contribution in [2.45, 2.75) is 57.9 Å². The zero-order valence-corrected chi connectivity index (χ0v) is 18.2. The number of hydrogen-bond donors (Lipinski definition) is 2. The largest absolute Gasteiger partial charge is 0.496 e. The van der Waals surface area contributed by atoms with Gasteiger partial charge in [0.1, 0.15) is 5.75 Å². The summed E-state index contributed by atoms with van der Waals surface area (Å²) in [6.45, 7) is 4.50. The molecule has 0 bridgehead atoms. The number of likely N-dealkylation sites (tertiary alicyclic amines) is 1. The van der Waals surface area contributed by atoms with Crippen LogP contribution in [0.4, 0.5) is 0 Å². The number of aryl methyl sites for hydroxylation is 1. The smallest absolute Gasteiger partial charge is 0.225 e. The molecular formula is C23H36N4O2. The highest BCUT2D eigenvalue weighted by Gasteiger charge is 2.31. The Morgan fingerprint density at radius 1 is 1.24 bits per heavy atom. The molecule has 29 heavy (non-hydrogen) atoms. The van der Waals surface area contributed by atoms with E-state index in [1.54, 1.807) is 14.2 Å². The van der Waals surface area contributed by atoms with E-state index in [2.05, 4.69) is 39.6 Å². The van der Waals surface area contributed by atoms with Crippen LogP contribution in [0.5, 0.6) is 5.75 Å². The summed E-state index contributed by atoms with van der Waals surface area (Å²) in [4.78, 5) is 19.2. The van der Waals surface area contributed by atoms with Crippen molar-refractivity contribution in [3.05, 3.63) is 29.3 Å². The highest BCUT2D eigenvalue weighted by atomic mass is 16.5. The van der Waals surface area contributed by atoms with Gasteiger partial charge in [0.15, 0.2) is 5.96 Å². The number of benzene rings is 1. The van der Waals surface area contributed by atoms with Gasteiger partial charge in [0.2, 0.25) is 5.91 Å². The van der Waals surface area contributed by atoms with Gasteiger partial charge in [0.05, 0.1) is 7.11 Å². The normalized spacial score (nSPS) is 20.6. The molecule has 0 aromatic heterocycles. The van der Waals surface area contributed by atoms with Crippen LogP contribution in [0.15, 0.2) is 23.2 Å². The van der Waals surface area contributed by atoms with E-state index in [0.29, 0.717) is 5.91 Å². The lowest BCUT2D eigenvalue weighted by molar-refractivity contribution is -0.135. The van der Waals surface area contributed by atoms with Crippen molar-refractivity contribution in [3.8, 4) is 5.75 Å². The topological polar surface area (TPSA) is 66.0 Å². The second-order valence-corrected chi connectivity index (χ2v) is 8.31. The zero-order valence-electron chi connectivity index (χ0n) is 18.2. The van der Waals surface area contributed by atoms with E-state index >= 15 is 0 Å². The molecule has 2 aliphatic rings. The second kappa shape index (κ2) is 10.5. The quantitative estimate of drug-likeness (QED) is 0.569. The summed E-state index contributed by atoms with van der Waals surface area (Å²) in [7, 11) is 3.50. The number of carbonyl (C=O) groups is 1. The first-order valence-electron chi connectivity index (χ1n) is 11.0. The van der Waals surface area contributed by atoms with Gasteiger partial charge < -0.3 is 20.3 Å². The third-order valence-electron chi connectivity index (χ3n) is 6.14. The fourth-order valence-electron chi connectivity index (χ4n) is 4.49. The van der Waals surface area contributed by atoms with E-state index in [1.807, 2.05) is 6.07 Å². The molecule has 1 heterocycles. The number of rotatable bonds is 6. The van der Waals surface area contributed by atoms with Gasteiger partial charge in [-0.2, -0.15) is 0 Å². The maximum Gasteiger partial charge on any atom is 0.225 e. The van der Waals surface area contributed by atoms with E-state index in [0.717, 1.165) is 57.0 Å². The fourth-order valence-corrected chi connectivity index (χ4v) is 4.49. The molecule has 1 aromatic carbocycles. The van der Waals surface area contributed by atoms with Gasteiger partial charge in [-0.15, -0.1) is 0 Å². The minimum Gasteiger partial charge on any atom is -0.496 e. The molecule has 3 rings (SSSR count). The van der Waals surface area contributed by atoms with Crippen LogP contribution in [-0.2, 0) is 11.2 Å². The van der Waals surface area contributed by atoms with E-state index in [4.69, 9.17) is 4.74 Å². The lowest BCUT2D eigenvalue weighted by Gasteiger charge is -2.26. The third-order valence-corrected chi connectivity index (χ3v) is 6.14. The molecular weight excluding hydrogens is 364 g/mol. The summed E-state index contributed by atoms with van der Waals surface area (Å²) in [5, 5.41) is 6.90. The summed E-state index contributed by atoms with van der Waals surface area (Å²) in [5.74, 6) is 2.34. The Labute approximate surface area is 175 Å². The Kier molecular flexibility index (Phi) is 7.78. The van der Waals surface area contributed by atoms with Crippen LogP contribution in [0.2, 0.25) is 0 Å². The van der Waals surface area contributed by atoms with Crippen molar-refractivity contribution in [1.29, 1.82) is 0 Å². The lowest BCUT2D eigenvalue weighted by atomic mass is 9.88. The van der Waals surface area contributed by atoms with Gasteiger partial charge >= 0.3 is 0 Å². The Morgan fingerprint density at radius 3 is 2.76 bits per heavy atom. The predicted octanol–water partition coefficient (Wildman–Crippen LogP) is 2.89. The van der Waals surface area contributed by atoms with Crippen LogP contribution in [0, 0.1) is 12.8 Å². The average Bonchev–Trinajstić information content (AvgIpc) is 3.21. The van der Waals surface area contributed by atoms with Gasteiger partial charge in [-0.3, -0.25) is 9.79 Å². The molecule has 2 N–H and O–H groups in total. The zero-order chi connectivity index (χ0) is 20.6. The predicted molar refractivity (Wildman–Crippen MR) is 117 cm³/mol. The Hall–Kier alpha value is -2.24. The van der Waals surface area contributed by atoms with Gasteiger partial charge in [-0.25, -0.2) is 0 Å². The summed E-state index contributed by atoms with van der Waals surface area (Å²) in [5.41, 5.74) is 2.43. The lowest BCUT2D eigenvalue weighted by Crippen LogP contribution is -2.46. The molecule has 1 saturated heterocycles. The first-order valence-corrected chi connectivity index (χ1v) is 11.0. The van der Waals surface area contributed by atoms with Crippen molar-refractivity contribution < 1.29 is 9.53 Å². The van der Waals surface area contributed by atoms with E-state index in [-0.39, 0.29) is 12.0 Å². The molecule has 1 saturated carbocycles. The van der Waals surface area contributed by atoms with Gasteiger partial charge in [-0.05, 0) is 44.2 Å². The van der Waals surface area contributed by atoms with E-state index < -0.39 is 0 Å². The summed E-state index contributed by atoms with van der Waals surface area (Å²) in [6, 6.07) is 6.52. The maximum absolute atomic E-state index is 12.8. The Bertz CT molecular complexity index is 713. The highest BCUT2D eigenvalue weighted by molar-refractivity contribution is 5.81. The van der Waals surface area contributed by atoms with Gasteiger partial charge in [0, 0.05) is 38.6 Å². The Balaban J connectivity index is 1.45.